The molecule has 1 rings (SSSR count). The van der Waals surface area contributed by atoms with Crippen molar-refractivity contribution in [3.63, 3.8) is 0 Å². The molecule has 0 saturated heterocycles. The summed E-state index contributed by atoms with van der Waals surface area (Å²) in [4.78, 5) is 10.8. The van der Waals surface area contributed by atoms with E-state index in [1.54, 1.807) is 6.92 Å². The summed E-state index contributed by atoms with van der Waals surface area (Å²) in [6, 6.07) is 7.54. The predicted molar refractivity (Wildman–Crippen MR) is 45.5 cm³/mol. The smallest absolute Gasteiger partial charge is 0.159 e. The van der Waals surface area contributed by atoms with Gasteiger partial charge in [0, 0.05) is 5.56 Å². The number of benzene rings is 1. The number of hydrogen-bond acceptors (Lipinski definition) is 1. The molecule has 0 unspecified atom stereocenters. The van der Waals surface area contributed by atoms with E-state index in [9.17, 15) is 4.79 Å². The third kappa shape index (κ3) is 1.90. The molecular weight excluding hydrogens is 136 g/mol. The molecule has 0 aliphatic carbocycles. The summed E-state index contributed by atoms with van der Waals surface area (Å²) in [5.41, 5.74) is 1.93. The van der Waals surface area contributed by atoms with Crippen LogP contribution in [0.4, 0.5) is 0 Å². The Morgan fingerprint density at radius 3 is 2.27 bits per heavy atom. The van der Waals surface area contributed by atoms with Crippen molar-refractivity contribution in [2.45, 2.75) is 13.3 Å². The third-order valence-corrected chi connectivity index (χ3v) is 1.65. The third-order valence-electron chi connectivity index (χ3n) is 1.65. The Morgan fingerprint density at radius 2 is 1.91 bits per heavy atom. The lowest BCUT2D eigenvalue weighted by Crippen LogP contribution is -1.91. The zero-order chi connectivity index (χ0) is 8.27. The summed E-state index contributed by atoms with van der Waals surface area (Å²) in [5.74, 6) is 0.112. The second kappa shape index (κ2) is 3.33. The van der Waals surface area contributed by atoms with Gasteiger partial charge < -0.3 is 0 Å². The monoisotopic (exact) mass is 147 g/mol. The van der Waals surface area contributed by atoms with Crippen molar-refractivity contribution in [3.05, 3.63) is 42.3 Å². The maximum absolute atomic E-state index is 10.8. The van der Waals surface area contributed by atoms with Gasteiger partial charge in [-0.25, -0.2) is 0 Å². The first-order valence-corrected chi connectivity index (χ1v) is 3.63. The Kier molecular flexibility index (Phi) is 2.42. The highest BCUT2D eigenvalue weighted by atomic mass is 16.1. The molecule has 57 valence electrons. The van der Waals surface area contributed by atoms with E-state index in [-0.39, 0.29) is 5.78 Å². The molecule has 0 fully saturated rings. The molecule has 0 atom stereocenters. The van der Waals surface area contributed by atoms with Crippen molar-refractivity contribution in [2.75, 3.05) is 0 Å². The van der Waals surface area contributed by atoms with Gasteiger partial charge in [0.05, 0.1) is 0 Å². The maximum Gasteiger partial charge on any atom is 0.159 e. The van der Waals surface area contributed by atoms with Crippen LogP contribution in [0, 0.1) is 6.92 Å². The van der Waals surface area contributed by atoms with Gasteiger partial charge in [0.2, 0.25) is 0 Å². The van der Waals surface area contributed by atoms with Gasteiger partial charge in [0.15, 0.2) is 5.78 Å². The van der Waals surface area contributed by atoms with Crippen LogP contribution in [-0.2, 0) is 6.42 Å². The van der Waals surface area contributed by atoms with Crippen molar-refractivity contribution >= 4 is 5.78 Å². The number of hydrogen-bond donors (Lipinski definition) is 0. The van der Waals surface area contributed by atoms with Crippen LogP contribution in [0.1, 0.15) is 22.8 Å². The van der Waals surface area contributed by atoms with Crippen LogP contribution in [0.2, 0.25) is 0 Å². The van der Waals surface area contributed by atoms with Gasteiger partial charge >= 0.3 is 0 Å². The second-order valence-corrected chi connectivity index (χ2v) is 2.50. The van der Waals surface area contributed by atoms with E-state index in [1.165, 1.54) is 0 Å². The zero-order valence-corrected chi connectivity index (χ0v) is 6.63. The number of ketones is 1. The molecule has 1 heteroatoms. The van der Waals surface area contributed by atoms with Crippen LogP contribution in [0.25, 0.3) is 0 Å². The van der Waals surface area contributed by atoms with E-state index >= 15 is 0 Å². The summed E-state index contributed by atoms with van der Waals surface area (Å²) < 4.78 is 0. The second-order valence-electron chi connectivity index (χ2n) is 2.50. The highest BCUT2D eigenvalue weighted by Crippen LogP contribution is 2.04. The van der Waals surface area contributed by atoms with E-state index in [2.05, 4.69) is 6.92 Å². The van der Waals surface area contributed by atoms with Crippen molar-refractivity contribution in [1.29, 1.82) is 0 Å². The average molecular weight is 147 g/mol. The van der Waals surface area contributed by atoms with Crippen molar-refractivity contribution < 1.29 is 4.79 Å². The molecule has 1 radical (unpaired) electrons. The molecule has 0 aliphatic heterocycles. The van der Waals surface area contributed by atoms with Gasteiger partial charge in [0.1, 0.15) is 0 Å². The maximum atomic E-state index is 10.8. The molecule has 0 saturated carbocycles. The average Bonchev–Trinajstić information content (AvgIpc) is 2.05. The van der Waals surface area contributed by atoms with Crippen LogP contribution in [0.3, 0.4) is 0 Å². The molecular formula is C10H11O. The number of carbonyl (C=O) groups is 1. The summed E-state index contributed by atoms with van der Waals surface area (Å²) in [5, 5.41) is 0. The van der Waals surface area contributed by atoms with Crippen LogP contribution in [0.5, 0.6) is 0 Å². The highest BCUT2D eigenvalue weighted by Gasteiger charge is 1.96. The number of rotatable bonds is 2. The number of Topliss-reactive ketones (excluding diaryl/α,β-unsaturated/α-hetero) is 1. The molecule has 0 heterocycles. The molecule has 0 aromatic heterocycles. The Balaban J connectivity index is 2.91. The Bertz CT molecular complexity index is 246. The lowest BCUT2D eigenvalue weighted by Gasteiger charge is -1.96. The standard InChI is InChI=1S/C10H11O/c1-3-9-4-6-10(7-5-9)8(2)11/h4-7H,1,3H2,2H3. The topological polar surface area (TPSA) is 17.1 Å². The molecule has 0 aliphatic rings. The molecule has 11 heavy (non-hydrogen) atoms. The molecule has 0 amide bonds. The first kappa shape index (κ1) is 7.99. The summed E-state index contributed by atoms with van der Waals surface area (Å²) in [6.45, 7) is 5.31. The normalized spacial score (nSPS) is 9.64. The summed E-state index contributed by atoms with van der Waals surface area (Å²) in [6.07, 6.45) is 0.776. The van der Waals surface area contributed by atoms with E-state index in [1.807, 2.05) is 24.3 Å². The van der Waals surface area contributed by atoms with Gasteiger partial charge in [-0.2, -0.15) is 0 Å². The van der Waals surface area contributed by atoms with Gasteiger partial charge in [-0.3, -0.25) is 4.79 Å². The summed E-state index contributed by atoms with van der Waals surface area (Å²) in [7, 11) is 0. The van der Waals surface area contributed by atoms with Crippen molar-refractivity contribution in [1.82, 2.24) is 0 Å². The number of carbonyl (C=O) groups excluding carboxylic acids is 1. The Morgan fingerprint density at radius 1 is 1.36 bits per heavy atom. The molecule has 1 nitrogen and oxygen atoms in total. The largest absolute Gasteiger partial charge is 0.295 e. The molecule has 1 aromatic carbocycles. The van der Waals surface area contributed by atoms with E-state index < -0.39 is 0 Å². The zero-order valence-electron chi connectivity index (χ0n) is 6.63. The first-order chi connectivity index (χ1) is 5.24. The van der Waals surface area contributed by atoms with E-state index in [0.29, 0.717) is 0 Å². The molecule has 0 spiro atoms. The Hall–Kier alpha value is -1.11. The van der Waals surface area contributed by atoms with Crippen molar-refractivity contribution in [2.24, 2.45) is 0 Å². The minimum absolute atomic E-state index is 0.112. The van der Waals surface area contributed by atoms with Gasteiger partial charge in [-0.1, -0.05) is 24.3 Å². The minimum Gasteiger partial charge on any atom is -0.295 e. The molecule has 1 aromatic rings. The van der Waals surface area contributed by atoms with Crippen LogP contribution in [-0.4, -0.2) is 5.78 Å². The summed E-state index contributed by atoms with van der Waals surface area (Å²) >= 11 is 0. The highest BCUT2D eigenvalue weighted by molar-refractivity contribution is 5.93. The van der Waals surface area contributed by atoms with E-state index in [4.69, 9.17) is 0 Å². The van der Waals surface area contributed by atoms with Crippen LogP contribution in [0.15, 0.2) is 24.3 Å². The van der Waals surface area contributed by atoms with E-state index in [0.717, 1.165) is 17.5 Å². The van der Waals surface area contributed by atoms with Crippen molar-refractivity contribution in [3.8, 4) is 0 Å². The Labute approximate surface area is 67.1 Å². The molecule has 0 N–H and O–H groups in total. The lowest BCUT2D eigenvalue weighted by atomic mass is 10.1. The molecule has 0 bridgehead atoms. The van der Waals surface area contributed by atoms with Gasteiger partial charge in [-0.05, 0) is 25.8 Å². The fraction of sp³-hybridized carbons (Fsp3) is 0.200. The van der Waals surface area contributed by atoms with Crippen LogP contribution < -0.4 is 0 Å². The van der Waals surface area contributed by atoms with Crippen LogP contribution >= 0.6 is 0 Å². The fourth-order valence-corrected chi connectivity index (χ4v) is 0.906. The SMILES string of the molecule is [CH2]Cc1ccc(C(C)=O)cc1. The minimum atomic E-state index is 0.112. The van der Waals surface area contributed by atoms with Gasteiger partial charge in [-0.15, -0.1) is 0 Å². The van der Waals surface area contributed by atoms with Gasteiger partial charge in [0.25, 0.3) is 0 Å². The fourth-order valence-electron chi connectivity index (χ4n) is 0.906. The predicted octanol–water partition coefficient (Wildman–Crippen LogP) is 2.27. The quantitative estimate of drug-likeness (QED) is 0.586. The first-order valence-electron chi connectivity index (χ1n) is 3.63. The lowest BCUT2D eigenvalue weighted by molar-refractivity contribution is 0.101.